The summed E-state index contributed by atoms with van der Waals surface area (Å²) in [7, 11) is -3.31. The molecule has 11 heteroatoms. The lowest BCUT2D eigenvalue weighted by Gasteiger charge is -2.31. The Morgan fingerprint density at radius 3 is 2.61 bits per heavy atom. The van der Waals surface area contributed by atoms with E-state index in [0.29, 0.717) is 38.4 Å². The van der Waals surface area contributed by atoms with E-state index in [-0.39, 0.29) is 24.8 Å². The number of aliphatic hydroxyl groups excluding tert-OH is 1. The SMILES string of the molecule is Cc1cnc(NC2CCN(S(=O)(=O)CCCO)CC2)nc1-c1cnn(CC(C)(C)O)c1. The van der Waals surface area contributed by atoms with Crippen LogP contribution in [0.2, 0.25) is 0 Å². The molecule has 0 aliphatic carbocycles. The molecular formula is C20H32N6O4S. The van der Waals surface area contributed by atoms with Crippen molar-refractivity contribution in [1.82, 2.24) is 24.1 Å². The molecule has 0 saturated carbocycles. The predicted molar refractivity (Wildman–Crippen MR) is 118 cm³/mol. The van der Waals surface area contributed by atoms with E-state index in [9.17, 15) is 13.5 Å². The molecule has 10 nitrogen and oxygen atoms in total. The molecule has 1 fully saturated rings. The minimum atomic E-state index is -3.31. The van der Waals surface area contributed by atoms with E-state index in [1.807, 2.05) is 13.1 Å². The number of hydrogen-bond acceptors (Lipinski definition) is 8. The molecule has 0 unspecified atom stereocenters. The first-order valence-corrected chi connectivity index (χ1v) is 12.1. The first kappa shape index (κ1) is 23.6. The van der Waals surface area contributed by atoms with Crippen LogP contribution < -0.4 is 5.32 Å². The minimum Gasteiger partial charge on any atom is -0.396 e. The summed E-state index contributed by atoms with van der Waals surface area (Å²) in [6.45, 7) is 6.53. The summed E-state index contributed by atoms with van der Waals surface area (Å²) < 4.78 is 27.8. The van der Waals surface area contributed by atoms with Crippen LogP contribution in [0.3, 0.4) is 0 Å². The zero-order chi connectivity index (χ0) is 22.6. The van der Waals surface area contributed by atoms with Gasteiger partial charge in [-0.2, -0.15) is 5.10 Å². The monoisotopic (exact) mass is 452 g/mol. The number of sulfonamides is 1. The van der Waals surface area contributed by atoms with Crippen LogP contribution in [0.4, 0.5) is 5.95 Å². The summed E-state index contributed by atoms with van der Waals surface area (Å²) in [5.74, 6) is 0.477. The Hall–Kier alpha value is -2.08. The molecule has 3 rings (SSSR count). The summed E-state index contributed by atoms with van der Waals surface area (Å²) in [5, 5.41) is 26.5. The van der Waals surface area contributed by atoms with Crippen LogP contribution in [0.25, 0.3) is 11.3 Å². The molecule has 0 bridgehead atoms. The van der Waals surface area contributed by atoms with Gasteiger partial charge < -0.3 is 15.5 Å². The predicted octanol–water partition coefficient (Wildman–Crippen LogP) is 1.01. The van der Waals surface area contributed by atoms with E-state index in [1.54, 1.807) is 30.9 Å². The molecular weight excluding hydrogens is 420 g/mol. The van der Waals surface area contributed by atoms with Gasteiger partial charge in [-0.15, -0.1) is 0 Å². The van der Waals surface area contributed by atoms with Crippen LogP contribution >= 0.6 is 0 Å². The van der Waals surface area contributed by atoms with Gasteiger partial charge in [0.25, 0.3) is 0 Å². The highest BCUT2D eigenvalue weighted by molar-refractivity contribution is 7.89. The maximum absolute atomic E-state index is 12.3. The number of nitrogens with zero attached hydrogens (tertiary/aromatic N) is 5. The highest BCUT2D eigenvalue weighted by Crippen LogP contribution is 2.23. The molecule has 1 aliphatic heterocycles. The fourth-order valence-electron chi connectivity index (χ4n) is 3.61. The normalized spacial score (nSPS) is 16.5. The van der Waals surface area contributed by atoms with Crippen molar-refractivity contribution in [3.8, 4) is 11.3 Å². The molecule has 31 heavy (non-hydrogen) atoms. The molecule has 3 heterocycles. The summed E-state index contributed by atoms with van der Waals surface area (Å²) >= 11 is 0. The van der Waals surface area contributed by atoms with Crippen molar-refractivity contribution in [3.63, 3.8) is 0 Å². The van der Waals surface area contributed by atoms with Gasteiger partial charge in [0.05, 0.1) is 29.8 Å². The Labute approximate surface area is 183 Å². The third-order valence-corrected chi connectivity index (χ3v) is 7.12. The van der Waals surface area contributed by atoms with Gasteiger partial charge in [0.2, 0.25) is 16.0 Å². The first-order chi connectivity index (χ1) is 14.6. The van der Waals surface area contributed by atoms with Crippen LogP contribution in [-0.4, -0.2) is 79.8 Å². The van der Waals surface area contributed by atoms with Gasteiger partial charge in [-0.3, -0.25) is 4.68 Å². The maximum Gasteiger partial charge on any atom is 0.223 e. The average Bonchev–Trinajstić information content (AvgIpc) is 3.14. The summed E-state index contributed by atoms with van der Waals surface area (Å²) in [6, 6.07) is 0.0813. The number of aliphatic hydroxyl groups is 2. The van der Waals surface area contributed by atoms with E-state index >= 15 is 0 Å². The van der Waals surface area contributed by atoms with Crippen LogP contribution in [-0.2, 0) is 16.6 Å². The highest BCUT2D eigenvalue weighted by atomic mass is 32.2. The Morgan fingerprint density at radius 2 is 1.97 bits per heavy atom. The third kappa shape index (κ3) is 6.45. The molecule has 2 aromatic rings. The van der Waals surface area contributed by atoms with Crippen molar-refractivity contribution in [2.24, 2.45) is 0 Å². The van der Waals surface area contributed by atoms with Crippen molar-refractivity contribution in [2.75, 3.05) is 30.8 Å². The number of nitrogens with one attached hydrogen (secondary N) is 1. The van der Waals surface area contributed by atoms with Crippen molar-refractivity contribution in [1.29, 1.82) is 0 Å². The average molecular weight is 453 g/mol. The van der Waals surface area contributed by atoms with Crippen LogP contribution in [0, 0.1) is 6.92 Å². The number of rotatable bonds is 9. The highest BCUT2D eigenvalue weighted by Gasteiger charge is 2.28. The second-order valence-corrected chi connectivity index (χ2v) is 10.8. The lowest BCUT2D eigenvalue weighted by molar-refractivity contribution is 0.0577. The Kier molecular flexibility index (Phi) is 7.30. The van der Waals surface area contributed by atoms with Gasteiger partial charge >= 0.3 is 0 Å². The fourth-order valence-corrected chi connectivity index (χ4v) is 5.13. The maximum atomic E-state index is 12.3. The second kappa shape index (κ2) is 9.60. The molecule has 0 aromatic carbocycles. The Balaban J connectivity index is 1.64. The van der Waals surface area contributed by atoms with Crippen molar-refractivity contribution in [2.45, 2.75) is 58.2 Å². The fraction of sp³-hybridized carbons (Fsp3) is 0.650. The van der Waals surface area contributed by atoms with Crippen molar-refractivity contribution < 1.29 is 18.6 Å². The molecule has 2 aromatic heterocycles. The molecule has 172 valence electrons. The quantitative estimate of drug-likeness (QED) is 0.513. The topological polar surface area (TPSA) is 133 Å². The van der Waals surface area contributed by atoms with Crippen LogP contribution in [0.15, 0.2) is 18.6 Å². The molecule has 1 saturated heterocycles. The second-order valence-electron chi connectivity index (χ2n) is 8.68. The van der Waals surface area contributed by atoms with Crippen LogP contribution in [0.1, 0.15) is 38.7 Å². The number of aryl methyl sites for hydroxylation is 1. The van der Waals surface area contributed by atoms with E-state index in [4.69, 9.17) is 5.11 Å². The lowest BCUT2D eigenvalue weighted by atomic mass is 10.1. The molecule has 0 spiro atoms. The minimum absolute atomic E-state index is 0.0207. The standard InChI is InChI=1S/C20H32N6O4S/c1-15-11-21-19(24-18(15)16-12-22-25(13-16)14-20(2,3)28)23-17-5-7-26(8-6-17)31(29,30)10-4-9-27/h11-13,17,27-28H,4-10,14H2,1-3H3,(H,21,23,24). The van der Waals surface area contributed by atoms with Gasteiger partial charge in [-0.05, 0) is 45.6 Å². The summed E-state index contributed by atoms with van der Waals surface area (Å²) in [6.07, 6.45) is 6.91. The lowest BCUT2D eigenvalue weighted by Crippen LogP contribution is -2.43. The zero-order valence-corrected chi connectivity index (χ0v) is 19.1. The third-order valence-electron chi connectivity index (χ3n) is 5.17. The Morgan fingerprint density at radius 1 is 1.26 bits per heavy atom. The molecule has 3 N–H and O–H groups in total. The van der Waals surface area contributed by atoms with Gasteiger partial charge in [-0.25, -0.2) is 22.7 Å². The van der Waals surface area contributed by atoms with E-state index in [1.165, 1.54) is 4.31 Å². The Bertz CT molecular complexity index is 978. The molecule has 0 amide bonds. The number of aromatic nitrogens is 4. The number of hydrogen-bond donors (Lipinski definition) is 3. The number of piperidine rings is 1. The smallest absolute Gasteiger partial charge is 0.223 e. The largest absolute Gasteiger partial charge is 0.396 e. The van der Waals surface area contributed by atoms with Crippen molar-refractivity contribution >= 4 is 16.0 Å². The van der Waals surface area contributed by atoms with E-state index in [2.05, 4.69) is 20.4 Å². The van der Waals surface area contributed by atoms with Gasteiger partial charge in [-0.1, -0.05) is 0 Å². The zero-order valence-electron chi connectivity index (χ0n) is 18.3. The molecule has 1 aliphatic rings. The summed E-state index contributed by atoms with van der Waals surface area (Å²) in [5.41, 5.74) is 1.66. The van der Waals surface area contributed by atoms with Gasteiger partial charge in [0, 0.05) is 43.7 Å². The molecule has 0 radical (unpaired) electrons. The van der Waals surface area contributed by atoms with Crippen LogP contribution in [0.5, 0.6) is 0 Å². The molecule has 0 atom stereocenters. The van der Waals surface area contributed by atoms with Gasteiger partial charge in [0.15, 0.2) is 0 Å². The van der Waals surface area contributed by atoms with Gasteiger partial charge in [0.1, 0.15) is 0 Å². The summed E-state index contributed by atoms with van der Waals surface area (Å²) in [4.78, 5) is 9.04. The first-order valence-electron chi connectivity index (χ1n) is 10.5. The van der Waals surface area contributed by atoms with Crippen molar-refractivity contribution in [3.05, 3.63) is 24.2 Å². The van der Waals surface area contributed by atoms with E-state index < -0.39 is 15.6 Å². The number of anilines is 1. The van der Waals surface area contributed by atoms with E-state index in [0.717, 1.165) is 16.8 Å².